The molecule has 1 saturated heterocycles. The molecule has 5 rings (SSSR count). The molecule has 2 N–H and O–H groups in total. The molecule has 3 aliphatic rings. The van der Waals surface area contributed by atoms with E-state index in [1.165, 1.54) is 18.2 Å². The molecule has 9 heteroatoms. The van der Waals surface area contributed by atoms with Gasteiger partial charge in [0.15, 0.2) is 0 Å². The maximum absolute atomic E-state index is 15.1. The first kappa shape index (κ1) is 23.8. The highest BCUT2D eigenvalue weighted by atomic mass is 32.2. The van der Waals surface area contributed by atoms with Crippen molar-refractivity contribution >= 4 is 10.0 Å². The van der Waals surface area contributed by atoms with Crippen LogP contribution in [0, 0.1) is 11.7 Å². The van der Waals surface area contributed by atoms with Crippen LogP contribution in [0.4, 0.5) is 17.6 Å². The highest BCUT2D eigenvalue weighted by Crippen LogP contribution is 2.43. The van der Waals surface area contributed by atoms with Gasteiger partial charge in [0, 0.05) is 12.0 Å². The van der Waals surface area contributed by atoms with Gasteiger partial charge in [-0.1, -0.05) is 24.3 Å². The Kier molecular flexibility index (Phi) is 6.01. The second kappa shape index (κ2) is 8.60. The first-order valence-corrected chi connectivity index (χ1v) is 13.3. The predicted molar refractivity (Wildman–Crippen MR) is 121 cm³/mol. The summed E-state index contributed by atoms with van der Waals surface area (Å²) in [6.07, 6.45) is -0.747. The topological polar surface area (TPSA) is 63.4 Å². The number of fused-ring (bicyclic) bond motifs is 1. The summed E-state index contributed by atoms with van der Waals surface area (Å²) in [6, 6.07) is 8.73. The number of nitrogens with zero attached hydrogens (tertiary/aromatic N) is 1. The van der Waals surface area contributed by atoms with E-state index in [1.807, 2.05) is 0 Å². The highest BCUT2D eigenvalue weighted by Gasteiger charge is 2.41. The third kappa shape index (κ3) is 4.75. The van der Waals surface area contributed by atoms with E-state index in [4.69, 9.17) is 5.14 Å². The van der Waals surface area contributed by atoms with E-state index < -0.39 is 32.8 Å². The maximum atomic E-state index is 15.1. The van der Waals surface area contributed by atoms with Crippen molar-refractivity contribution in [3.05, 3.63) is 70.0 Å². The van der Waals surface area contributed by atoms with Crippen molar-refractivity contribution in [2.24, 2.45) is 11.1 Å². The number of likely N-dealkylation sites (tertiary alicyclic amines) is 1. The Morgan fingerprint density at radius 1 is 1.12 bits per heavy atom. The Bertz CT molecular complexity index is 1190. The van der Waals surface area contributed by atoms with Crippen molar-refractivity contribution < 1.29 is 26.0 Å². The molecule has 4 nitrogen and oxygen atoms in total. The molecule has 1 heterocycles. The maximum Gasteiger partial charge on any atom is 0.416 e. The summed E-state index contributed by atoms with van der Waals surface area (Å²) in [7, 11) is -3.81. The lowest BCUT2D eigenvalue weighted by atomic mass is 9.87. The van der Waals surface area contributed by atoms with Gasteiger partial charge in [0.1, 0.15) is 5.82 Å². The van der Waals surface area contributed by atoms with Crippen LogP contribution in [0.2, 0.25) is 0 Å². The van der Waals surface area contributed by atoms with Crippen LogP contribution in [0.1, 0.15) is 53.0 Å². The minimum Gasteiger partial charge on any atom is -0.299 e. The third-order valence-corrected chi connectivity index (χ3v) is 9.06. The zero-order valence-corrected chi connectivity index (χ0v) is 19.5. The van der Waals surface area contributed by atoms with Crippen molar-refractivity contribution in [2.45, 2.75) is 61.9 Å². The fourth-order valence-corrected chi connectivity index (χ4v) is 6.82. The van der Waals surface area contributed by atoms with Gasteiger partial charge in [-0.2, -0.15) is 13.2 Å². The van der Waals surface area contributed by atoms with Crippen LogP contribution in [0.3, 0.4) is 0 Å². The van der Waals surface area contributed by atoms with Gasteiger partial charge in [0.2, 0.25) is 10.0 Å². The molecular formula is C25H28F4N2O2S. The van der Waals surface area contributed by atoms with Gasteiger partial charge in [-0.15, -0.1) is 0 Å². The number of hydrogen-bond donors (Lipinski definition) is 1. The molecule has 2 aromatic rings. The molecule has 34 heavy (non-hydrogen) atoms. The predicted octanol–water partition coefficient (Wildman–Crippen LogP) is 4.41. The molecule has 0 bridgehead atoms. The molecule has 3 atom stereocenters. The molecule has 2 aromatic carbocycles. The highest BCUT2D eigenvalue weighted by molar-refractivity contribution is 7.89. The number of nitrogens with two attached hydrogens (primary N) is 1. The standard InChI is InChI=1S/C25H28F4N2O2S/c26-22-12-17-13-23(31-7-2-8-31)21(10-15-3-1-4-19(9-15)25(27,28)29)20(17)11-18(22)14-24(16-5-6-16)34(30,32)33/h1,3-4,9,11-12,16,21,23-24H,2,5-8,10,13-14H2,(H2,30,32,33). The van der Waals surface area contributed by atoms with Gasteiger partial charge in [0.25, 0.3) is 0 Å². The van der Waals surface area contributed by atoms with Crippen molar-refractivity contribution in [3.63, 3.8) is 0 Å². The van der Waals surface area contributed by atoms with Crippen LogP contribution in [-0.2, 0) is 35.5 Å². The lowest BCUT2D eigenvalue weighted by molar-refractivity contribution is -0.137. The molecule has 1 aliphatic heterocycles. The number of alkyl halides is 3. The number of hydrogen-bond acceptors (Lipinski definition) is 3. The zero-order chi connectivity index (χ0) is 24.3. The van der Waals surface area contributed by atoms with E-state index in [1.54, 1.807) is 12.1 Å². The average Bonchev–Trinajstić information content (AvgIpc) is 3.48. The van der Waals surface area contributed by atoms with E-state index in [2.05, 4.69) is 4.90 Å². The Balaban J connectivity index is 1.48. The van der Waals surface area contributed by atoms with Gasteiger partial charge >= 0.3 is 6.18 Å². The Hall–Kier alpha value is -1.97. The van der Waals surface area contributed by atoms with Crippen molar-refractivity contribution in [1.29, 1.82) is 0 Å². The van der Waals surface area contributed by atoms with Crippen LogP contribution in [0.15, 0.2) is 36.4 Å². The lowest BCUT2D eigenvalue weighted by Gasteiger charge is -2.39. The number of benzene rings is 2. The van der Waals surface area contributed by atoms with Crippen LogP contribution in [0.25, 0.3) is 0 Å². The summed E-state index contributed by atoms with van der Waals surface area (Å²) in [4.78, 5) is 2.31. The van der Waals surface area contributed by atoms with Gasteiger partial charge < -0.3 is 0 Å². The average molecular weight is 497 g/mol. The van der Waals surface area contributed by atoms with Crippen molar-refractivity contribution in [1.82, 2.24) is 4.90 Å². The van der Waals surface area contributed by atoms with Gasteiger partial charge in [-0.25, -0.2) is 17.9 Å². The summed E-state index contributed by atoms with van der Waals surface area (Å²) >= 11 is 0. The van der Waals surface area contributed by atoms with E-state index in [0.717, 1.165) is 49.5 Å². The second-order valence-corrected chi connectivity index (χ2v) is 11.8. The van der Waals surface area contributed by atoms with Gasteiger partial charge in [0.05, 0.1) is 10.8 Å². The van der Waals surface area contributed by atoms with Crippen molar-refractivity contribution in [2.75, 3.05) is 13.1 Å². The van der Waals surface area contributed by atoms with Crippen LogP contribution < -0.4 is 5.14 Å². The summed E-state index contributed by atoms with van der Waals surface area (Å²) in [5, 5.41) is 4.64. The minimum atomic E-state index is -4.41. The monoisotopic (exact) mass is 496 g/mol. The third-order valence-electron chi connectivity index (χ3n) is 7.66. The fourth-order valence-electron chi connectivity index (χ4n) is 5.60. The first-order valence-electron chi connectivity index (χ1n) is 11.7. The summed E-state index contributed by atoms with van der Waals surface area (Å²) in [6.45, 7) is 1.84. The van der Waals surface area contributed by atoms with Crippen LogP contribution in [0.5, 0.6) is 0 Å². The molecule has 184 valence electrons. The molecule has 1 saturated carbocycles. The number of primary sulfonamides is 1. The zero-order valence-electron chi connectivity index (χ0n) is 18.7. The molecule has 2 fully saturated rings. The molecule has 0 radical (unpaired) electrons. The van der Waals surface area contributed by atoms with E-state index in [-0.39, 0.29) is 24.3 Å². The van der Waals surface area contributed by atoms with E-state index >= 15 is 4.39 Å². The SMILES string of the molecule is NS(=O)(=O)C(Cc1cc2c(cc1F)CC(N1CCC1)C2Cc1cccc(C(F)(F)F)c1)C1CC1. The lowest BCUT2D eigenvalue weighted by Crippen LogP contribution is -2.47. The van der Waals surface area contributed by atoms with Crippen LogP contribution in [-0.4, -0.2) is 37.7 Å². The van der Waals surface area contributed by atoms with Gasteiger partial charge in [-0.3, -0.25) is 4.90 Å². The number of halogens is 4. The molecule has 2 aliphatic carbocycles. The quantitative estimate of drug-likeness (QED) is 0.578. The molecule has 0 amide bonds. The summed E-state index contributed by atoms with van der Waals surface area (Å²) in [5.41, 5.74) is 2.00. The largest absolute Gasteiger partial charge is 0.416 e. The molecule has 0 aromatic heterocycles. The smallest absolute Gasteiger partial charge is 0.299 e. The van der Waals surface area contributed by atoms with Gasteiger partial charge in [-0.05, 0) is 91.9 Å². The van der Waals surface area contributed by atoms with E-state index in [0.29, 0.717) is 24.0 Å². The number of sulfonamides is 1. The second-order valence-electron chi connectivity index (χ2n) is 9.98. The number of rotatable bonds is 7. The Labute approximate surface area is 197 Å². The minimum absolute atomic E-state index is 0.0211. The van der Waals surface area contributed by atoms with Crippen molar-refractivity contribution in [3.8, 4) is 0 Å². The van der Waals surface area contributed by atoms with Crippen LogP contribution >= 0.6 is 0 Å². The summed E-state index contributed by atoms with van der Waals surface area (Å²) in [5.74, 6) is -0.570. The Morgan fingerprint density at radius 2 is 1.85 bits per heavy atom. The molecule has 0 spiro atoms. The normalized spacial score (nSPS) is 24.0. The summed E-state index contributed by atoms with van der Waals surface area (Å²) < 4.78 is 79.1. The molecule has 3 unspecified atom stereocenters. The fraction of sp³-hybridized carbons (Fsp3) is 0.520. The first-order chi connectivity index (χ1) is 16.0. The Morgan fingerprint density at radius 3 is 2.44 bits per heavy atom. The van der Waals surface area contributed by atoms with E-state index in [9.17, 15) is 21.6 Å². The molecular weight excluding hydrogens is 468 g/mol.